The summed E-state index contributed by atoms with van der Waals surface area (Å²) in [6.45, 7) is -2.90. The molecule has 0 radical (unpaired) electrons. The number of aromatic nitrogens is 3. The maximum atomic E-state index is 11.9. The molecule has 0 saturated heterocycles. The van der Waals surface area contributed by atoms with E-state index >= 15 is 0 Å². The van der Waals surface area contributed by atoms with E-state index < -0.39 is 6.61 Å². The van der Waals surface area contributed by atoms with E-state index in [0.717, 1.165) is 0 Å². The number of alkyl halides is 2. The second-order valence-corrected chi connectivity index (χ2v) is 3.19. The van der Waals surface area contributed by atoms with Gasteiger partial charge in [0.1, 0.15) is 0 Å². The number of ether oxygens (including phenoxy) is 1. The number of hydrogen-bond donors (Lipinski definition) is 0. The van der Waals surface area contributed by atoms with Gasteiger partial charge >= 0.3 is 6.61 Å². The van der Waals surface area contributed by atoms with Gasteiger partial charge in [0.2, 0.25) is 5.88 Å². The van der Waals surface area contributed by atoms with Gasteiger partial charge in [-0.25, -0.2) is 9.67 Å². The number of halogens is 3. The zero-order valence-electron chi connectivity index (χ0n) is 7.85. The molecule has 0 saturated carbocycles. The average Bonchev–Trinajstić information content (AvgIpc) is 2.66. The van der Waals surface area contributed by atoms with Gasteiger partial charge < -0.3 is 4.74 Å². The van der Waals surface area contributed by atoms with E-state index in [2.05, 4.69) is 14.8 Å². The first kappa shape index (κ1) is 10.8. The molecule has 0 aromatic carbocycles. The van der Waals surface area contributed by atoms with Crippen LogP contribution < -0.4 is 4.74 Å². The van der Waals surface area contributed by atoms with Gasteiger partial charge in [-0.3, -0.25) is 0 Å². The van der Waals surface area contributed by atoms with Crippen molar-refractivity contribution in [1.29, 1.82) is 0 Å². The van der Waals surface area contributed by atoms with E-state index in [9.17, 15) is 8.78 Å². The van der Waals surface area contributed by atoms with Gasteiger partial charge in [-0.15, -0.1) is 5.10 Å². The van der Waals surface area contributed by atoms with E-state index in [-0.39, 0.29) is 5.88 Å². The van der Waals surface area contributed by atoms with Crippen molar-refractivity contribution in [3.05, 3.63) is 35.6 Å². The molecule has 2 rings (SSSR count). The van der Waals surface area contributed by atoms with Gasteiger partial charge in [-0.1, -0.05) is 11.6 Å². The van der Waals surface area contributed by atoms with Crippen molar-refractivity contribution in [3.8, 4) is 11.7 Å². The molecule has 0 bridgehead atoms. The predicted octanol–water partition coefficient (Wildman–Crippen LogP) is 2.52. The van der Waals surface area contributed by atoms with Crippen molar-refractivity contribution in [2.75, 3.05) is 0 Å². The molecule has 0 unspecified atom stereocenters. The largest absolute Gasteiger partial charge is 0.415 e. The molecule has 4 nitrogen and oxygen atoms in total. The van der Waals surface area contributed by atoms with Crippen LogP contribution in [0.25, 0.3) is 5.82 Å². The summed E-state index contributed by atoms with van der Waals surface area (Å²) in [5.41, 5.74) is 0. The molecule has 2 aromatic heterocycles. The Balaban J connectivity index is 2.28. The Kier molecular flexibility index (Phi) is 3.00. The minimum absolute atomic E-state index is 0.184. The molecule has 0 fully saturated rings. The summed E-state index contributed by atoms with van der Waals surface area (Å²) < 4.78 is 29.2. The SMILES string of the molecule is FC(F)Oc1ccn(-c2ncccc2Cl)n1. The lowest BCUT2D eigenvalue weighted by Crippen LogP contribution is -2.04. The average molecular weight is 246 g/mol. The van der Waals surface area contributed by atoms with Crippen molar-refractivity contribution in [2.45, 2.75) is 6.61 Å². The van der Waals surface area contributed by atoms with Crippen LogP contribution in [0.15, 0.2) is 30.6 Å². The maximum absolute atomic E-state index is 11.9. The highest BCUT2D eigenvalue weighted by atomic mass is 35.5. The van der Waals surface area contributed by atoms with E-state index in [1.807, 2.05) is 0 Å². The molecular weight excluding hydrogens is 240 g/mol. The third-order valence-corrected chi connectivity index (χ3v) is 2.03. The fraction of sp³-hybridized carbons (Fsp3) is 0.111. The first-order chi connectivity index (χ1) is 7.66. The second kappa shape index (κ2) is 4.44. The van der Waals surface area contributed by atoms with Gasteiger partial charge in [-0.2, -0.15) is 8.78 Å². The Morgan fingerprint density at radius 3 is 2.88 bits per heavy atom. The Morgan fingerprint density at radius 1 is 1.38 bits per heavy atom. The first-order valence-corrected chi connectivity index (χ1v) is 4.66. The second-order valence-electron chi connectivity index (χ2n) is 2.79. The molecule has 0 amide bonds. The minimum Gasteiger partial charge on any atom is -0.415 e. The molecule has 0 N–H and O–H groups in total. The molecule has 0 spiro atoms. The molecule has 0 aliphatic rings. The standard InChI is InChI=1S/C9H6ClF2N3O/c10-6-2-1-4-13-8(6)15-5-3-7(14-15)16-9(11)12/h1-5,9H. The quantitative estimate of drug-likeness (QED) is 0.834. The van der Waals surface area contributed by atoms with E-state index in [1.165, 1.54) is 23.1 Å². The van der Waals surface area contributed by atoms with Crippen LogP contribution in [-0.2, 0) is 0 Å². The van der Waals surface area contributed by atoms with Crippen LogP contribution >= 0.6 is 11.6 Å². The summed E-state index contributed by atoms with van der Waals surface area (Å²) in [5, 5.41) is 4.12. The van der Waals surface area contributed by atoms with Crippen molar-refractivity contribution in [3.63, 3.8) is 0 Å². The van der Waals surface area contributed by atoms with Gasteiger partial charge in [0.05, 0.1) is 5.02 Å². The Hall–Kier alpha value is -1.69. The van der Waals surface area contributed by atoms with Crippen LogP contribution in [0.3, 0.4) is 0 Å². The smallest absolute Gasteiger partial charge is 0.388 e. The lowest BCUT2D eigenvalue weighted by Gasteiger charge is -2.02. The minimum atomic E-state index is -2.90. The number of rotatable bonds is 3. The summed E-state index contributed by atoms with van der Waals surface area (Å²) in [6, 6.07) is 4.59. The van der Waals surface area contributed by atoms with Crippen LogP contribution in [-0.4, -0.2) is 21.4 Å². The molecule has 7 heteroatoms. The fourth-order valence-corrected chi connectivity index (χ4v) is 1.33. The van der Waals surface area contributed by atoms with E-state index in [0.29, 0.717) is 10.8 Å². The Morgan fingerprint density at radius 2 is 2.19 bits per heavy atom. The summed E-state index contributed by atoms with van der Waals surface area (Å²) in [5.74, 6) is 0.171. The van der Waals surface area contributed by atoms with E-state index in [1.54, 1.807) is 12.1 Å². The highest BCUT2D eigenvalue weighted by Crippen LogP contribution is 2.18. The summed E-state index contributed by atoms with van der Waals surface area (Å²) in [6.07, 6.45) is 2.96. The van der Waals surface area contributed by atoms with Gasteiger partial charge in [0.15, 0.2) is 5.82 Å². The van der Waals surface area contributed by atoms with Crippen molar-refractivity contribution >= 4 is 11.6 Å². The van der Waals surface area contributed by atoms with Crippen molar-refractivity contribution < 1.29 is 13.5 Å². The Labute approximate surface area is 94.4 Å². The highest BCUT2D eigenvalue weighted by Gasteiger charge is 2.09. The van der Waals surface area contributed by atoms with Crippen LogP contribution in [0.1, 0.15) is 0 Å². The zero-order chi connectivity index (χ0) is 11.5. The van der Waals surface area contributed by atoms with Gasteiger partial charge in [0.25, 0.3) is 0 Å². The maximum Gasteiger partial charge on any atom is 0.388 e. The first-order valence-electron chi connectivity index (χ1n) is 4.28. The van der Waals surface area contributed by atoms with Crippen LogP contribution in [0.2, 0.25) is 5.02 Å². The molecule has 0 aliphatic heterocycles. The van der Waals surface area contributed by atoms with Gasteiger partial charge in [-0.05, 0) is 12.1 Å². The zero-order valence-corrected chi connectivity index (χ0v) is 8.60. The van der Waals surface area contributed by atoms with Gasteiger partial charge in [0, 0.05) is 18.5 Å². The molecule has 0 atom stereocenters. The van der Waals surface area contributed by atoms with Crippen LogP contribution in [0, 0.1) is 0 Å². The lowest BCUT2D eigenvalue weighted by molar-refractivity contribution is -0.0530. The van der Waals surface area contributed by atoms with Crippen LogP contribution in [0.4, 0.5) is 8.78 Å². The predicted molar refractivity (Wildman–Crippen MR) is 53.0 cm³/mol. The van der Waals surface area contributed by atoms with E-state index in [4.69, 9.17) is 11.6 Å². The molecule has 16 heavy (non-hydrogen) atoms. The molecule has 84 valence electrons. The number of hydrogen-bond acceptors (Lipinski definition) is 3. The molecule has 2 heterocycles. The summed E-state index contributed by atoms with van der Waals surface area (Å²) >= 11 is 5.86. The third-order valence-electron chi connectivity index (χ3n) is 1.73. The topological polar surface area (TPSA) is 39.9 Å². The monoisotopic (exact) mass is 245 g/mol. The Bertz CT molecular complexity index is 489. The van der Waals surface area contributed by atoms with Crippen molar-refractivity contribution in [1.82, 2.24) is 14.8 Å². The molecular formula is C9H6ClF2N3O. The normalized spacial score (nSPS) is 10.8. The third kappa shape index (κ3) is 2.27. The molecule has 2 aromatic rings. The summed E-state index contributed by atoms with van der Waals surface area (Å²) in [7, 11) is 0. The summed E-state index contributed by atoms with van der Waals surface area (Å²) in [4.78, 5) is 3.97. The van der Waals surface area contributed by atoms with Crippen molar-refractivity contribution in [2.24, 2.45) is 0 Å². The fourth-order valence-electron chi connectivity index (χ4n) is 1.13. The number of pyridine rings is 1. The highest BCUT2D eigenvalue weighted by molar-refractivity contribution is 6.32. The number of nitrogens with zero attached hydrogens (tertiary/aromatic N) is 3. The lowest BCUT2D eigenvalue weighted by atomic mass is 10.4. The molecule has 0 aliphatic carbocycles. The van der Waals surface area contributed by atoms with Crippen LogP contribution in [0.5, 0.6) is 5.88 Å².